The van der Waals surface area contributed by atoms with Gasteiger partial charge < -0.3 is 5.73 Å². The lowest BCUT2D eigenvalue weighted by Gasteiger charge is -2.00. The third kappa shape index (κ3) is 1.65. The monoisotopic (exact) mass is 265 g/mol. The Bertz CT molecular complexity index is 702. The van der Waals surface area contributed by atoms with Gasteiger partial charge in [0.05, 0.1) is 5.02 Å². The van der Waals surface area contributed by atoms with E-state index in [1.165, 1.54) is 11.3 Å². The van der Waals surface area contributed by atoms with Gasteiger partial charge in [0.25, 0.3) is 0 Å². The number of aromatic nitrogens is 4. The minimum Gasteiger partial charge on any atom is -0.399 e. The van der Waals surface area contributed by atoms with Crippen LogP contribution in [0.4, 0.5) is 5.69 Å². The third-order valence-corrected chi connectivity index (χ3v) is 3.63. The van der Waals surface area contributed by atoms with Crippen LogP contribution in [0, 0.1) is 6.92 Å². The van der Waals surface area contributed by atoms with Crippen LogP contribution >= 0.6 is 22.9 Å². The summed E-state index contributed by atoms with van der Waals surface area (Å²) < 4.78 is 1.69. The first-order valence-corrected chi connectivity index (χ1v) is 6.09. The van der Waals surface area contributed by atoms with Crippen LogP contribution in [-0.2, 0) is 0 Å². The average molecular weight is 266 g/mol. The lowest BCUT2D eigenvalue weighted by Crippen LogP contribution is -1.90. The minimum atomic E-state index is 0.627. The molecule has 2 heterocycles. The normalized spacial score (nSPS) is 11.2. The van der Waals surface area contributed by atoms with Crippen molar-refractivity contribution in [1.82, 2.24) is 19.8 Å². The fourth-order valence-electron chi connectivity index (χ4n) is 1.53. The van der Waals surface area contributed by atoms with Crippen molar-refractivity contribution >= 4 is 33.6 Å². The average Bonchev–Trinajstić information content (AvgIpc) is 2.85. The Kier molecular flexibility index (Phi) is 2.27. The zero-order valence-corrected chi connectivity index (χ0v) is 10.5. The molecular formula is C10H8ClN5S. The van der Waals surface area contributed by atoms with Crippen molar-refractivity contribution in [2.45, 2.75) is 6.92 Å². The molecule has 0 radical (unpaired) electrons. The molecule has 5 nitrogen and oxygen atoms in total. The van der Waals surface area contributed by atoms with Crippen molar-refractivity contribution in [2.24, 2.45) is 0 Å². The van der Waals surface area contributed by atoms with Gasteiger partial charge in [-0.15, -0.1) is 10.2 Å². The molecule has 3 rings (SSSR count). The van der Waals surface area contributed by atoms with Gasteiger partial charge >= 0.3 is 0 Å². The third-order valence-electron chi connectivity index (χ3n) is 2.37. The van der Waals surface area contributed by atoms with Gasteiger partial charge in [-0.3, -0.25) is 0 Å². The summed E-state index contributed by atoms with van der Waals surface area (Å²) in [5, 5.41) is 13.8. The van der Waals surface area contributed by atoms with Gasteiger partial charge in [-0.25, -0.2) is 0 Å². The molecule has 17 heavy (non-hydrogen) atoms. The number of hydrogen-bond acceptors (Lipinski definition) is 5. The molecule has 0 amide bonds. The van der Waals surface area contributed by atoms with Crippen molar-refractivity contribution in [3.8, 4) is 10.6 Å². The number of hydrogen-bond donors (Lipinski definition) is 1. The van der Waals surface area contributed by atoms with E-state index >= 15 is 0 Å². The van der Waals surface area contributed by atoms with E-state index in [0.29, 0.717) is 10.7 Å². The van der Waals surface area contributed by atoms with Crippen molar-refractivity contribution in [3.63, 3.8) is 0 Å². The molecule has 0 saturated carbocycles. The lowest BCUT2D eigenvalue weighted by atomic mass is 10.2. The molecule has 0 atom stereocenters. The summed E-state index contributed by atoms with van der Waals surface area (Å²) in [6.45, 7) is 1.85. The van der Waals surface area contributed by atoms with Crippen molar-refractivity contribution < 1.29 is 0 Å². The Morgan fingerprint density at radius 1 is 1.35 bits per heavy atom. The molecule has 0 bridgehead atoms. The molecule has 2 N–H and O–H groups in total. The number of halogens is 1. The number of anilines is 1. The summed E-state index contributed by atoms with van der Waals surface area (Å²) >= 11 is 7.56. The molecule has 2 aromatic heterocycles. The number of nitrogen functional groups attached to an aromatic ring is 1. The second kappa shape index (κ2) is 3.68. The number of fused-ring (bicyclic) bond motifs is 1. The van der Waals surface area contributed by atoms with E-state index in [0.717, 1.165) is 21.4 Å². The largest absolute Gasteiger partial charge is 0.399 e. The van der Waals surface area contributed by atoms with E-state index in [-0.39, 0.29) is 0 Å². The number of nitrogens with two attached hydrogens (primary N) is 1. The van der Waals surface area contributed by atoms with Crippen molar-refractivity contribution in [1.29, 1.82) is 0 Å². The molecule has 3 aromatic rings. The molecular weight excluding hydrogens is 258 g/mol. The van der Waals surface area contributed by atoms with Gasteiger partial charge in [0.2, 0.25) is 4.96 Å². The highest BCUT2D eigenvalue weighted by molar-refractivity contribution is 7.19. The van der Waals surface area contributed by atoms with Crippen LogP contribution in [0.25, 0.3) is 15.5 Å². The second-order valence-electron chi connectivity index (χ2n) is 3.59. The van der Waals surface area contributed by atoms with Crippen LogP contribution in [0.15, 0.2) is 18.2 Å². The minimum absolute atomic E-state index is 0.627. The molecule has 0 aliphatic heterocycles. The smallest absolute Gasteiger partial charge is 0.234 e. The molecule has 0 aliphatic carbocycles. The molecule has 1 aromatic carbocycles. The lowest BCUT2D eigenvalue weighted by molar-refractivity contribution is 0.898. The van der Waals surface area contributed by atoms with Gasteiger partial charge in [-0.1, -0.05) is 22.9 Å². The van der Waals surface area contributed by atoms with E-state index in [1.54, 1.807) is 16.6 Å². The molecule has 7 heteroatoms. The number of rotatable bonds is 1. The Morgan fingerprint density at radius 3 is 2.94 bits per heavy atom. The van der Waals surface area contributed by atoms with Crippen LogP contribution in [0.5, 0.6) is 0 Å². The first-order valence-electron chi connectivity index (χ1n) is 4.89. The predicted molar refractivity (Wildman–Crippen MR) is 68.3 cm³/mol. The maximum Gasteiger partial charge on any atom is 0.234 e. The highest BCUT2D eigenvalue weighted by Crippen LogP contribution is 2.32. The first kappa shape index (κ1) is 10.5. The van der Waals surface area contributed by atoms with Crippen molar-refractivity contribution in [2.75, 3.05) is 5.73 Å². The van der Waals surface area contributed by atoms with E-state index in [4.69, 9.17) is 17.3 Å². The zero-order valence-electron chi connectivity index (χ0n) is 8.88. The molecule has 0 saturated heterocycles. The first-order chi connectivity index (χ1) is 8.15. The molecule has 0 spiro atoms. The summed E-state index contributed by atoms with van der Waals surface area (Å²) in [6.07, 6.45) is 0. The number of nitrogens with zero attached hydrogens (tertiary/aromatic N) is 4. The molecule has 0 unspecified atom stereocenters. The molecule has 0 fully saturated rings. The number of benzene rings is 1. The van der Waals surface area contributed by atoms with Gasteiger partial charge in [-0.05, 0) is 25.1 Å². The van der Waals surface area contributed by atoms with Gasteiger partial charge in [-0.2, -0.15) is 9.61 Å². The summed E-state index contributed by atoms with van der Waals surface area (Å²) in [4.78, 5) is 0.746. The topological polar surface area (TPSA) is 69.1 Å². The Balaban J connectivity index is 2.23. The second-order valence-corrected chi connectivity index (χ2v) is 4.95. The summed E-state index contributed by atoms with van der Waals surface area (Å²) in [6, 6.07) is 5.34. The SMILES string of the molecule is Cc1nnc2sc(-c3cc(N)ccc3Cl)nn12. The Morgan fingerprint density at radius 2 is 2.18 bits per heavy atom. The number of aryl methyl sites for hydroxylation is 1. The van der Waals surface area contributed by atoms with Gasteiger partial charge in [0, 0.05) is 11.3 Å². The van der Waals surface area contributed by atoms with E-state index in [9.17, 15) is 0 Å². The maximum absolute atomic E-state index is 6.13. The van der Waals surface area contributed by atoms with E-state index < -0.39 is 0 Å². The zero-order chi connectivity index (χ0) is 12.0. The molecule has 86 valence electrons. The predicted octanol–water partition coefficient (Wildman–Crippen LogP) is 2.40. The highest BCUT2D eigenvalue weighted by Gasteiger charge is 2.13. The summed E-state index contributed by atoms with van der Waals surface area (Å²) in [5.41, 5.74) is 7.23. The van der Waals surface area contributed by atoms with Crippen molar-refractivity contribution in [3.05, 3.63) is 29.0 Å². The Hall–Kier alpha value is -1.66. The Labute approximate surface area is 106 Å². The van der Waals surface area contributed by atoms with Crippen LogP contribution in [0.2, 0.25) is 5.02 Å². The van der Waals surface area contributed by atoms with Crippen LogP contribution in [0.1, 0.15) is 5.82 Å². The summed E-state index contributed by atoms with van der Waals surface area (Å²) in [5.74, 6) is 0.752. The maximum atomic E-state index is 6.13. The standard InChI is InChI=1S/C10H8ClN5S/c1-5-13-14-10-16(5)15-9(17-10)7-4-6(12)2-3-8(7)11/h2-4H,12H2,1H3. The van der Waals surface area contributed by atoms with Gasteiger partial charge in [0.15, 0.2) is 5.82 Å². The highest BCUT2D eigenvalue weighted by atomic mass is 35.5. The van der Waals surface area contributed by atoms with Gasteiger partial charge in [0.1, 0.15) is 5.01 Å². The molecule has 0 aliphatic rings. The fourth-order valence-corrected chi connectivity index (χ4v) is 2.71. The van der Waals surface area contributed by atoms with Crippen LogP contribution in [0.3, 0.4) is 0 Å². The van der Waals surface area contributed by atoms with Crippen LogP contribution in [-0.4, -0.2) is 19.8 Å². The summed E-state index contributed by atoms with van der Waals surface area (Å²) in [7, 11) is 0. The van der Waals surface area contributed by atoms with E-state index in [2.05, 4.69) is 15.3 Å². The fraction of sp³-hybridized carbons (Fsp3) is 0.100. The quantitative estimate of drug-likeness (QED) is 0.686. The van der Waals surface area contributed by atoms with E-state index in [1.807, 2.05) is 13.0 Å². The van der Waals surface area contributed by atoms with Crippen LogP contribution < -0.4 is 5.73 Å².